The van der Waals surface area contributed by atoms with Crippen molar-refractivity contribution in [2.24, 2.45) is 5.92 Å². The maximum absolute atomic E-state index is 9.98. The van der Waals surface area contributed by atoms with E-state index in [-0.39, 0.29) is 11.7 Å². The zero-order valence-corrected chi connectivity index (χ0v) is 11.9. The van der Waals surface area contributed by atoms with E-state index in [2.05, 4.69) is 32.6 Å². The molecule has 17 heavy (non-hydrogen) atoms. The van der Waals surface area contributed by atoms with Crippen LogP contribution in [0.1, 0.15) is 47.0 Å². The molecule has 3 heteroatoms. The fraction of sp³-hybridized carbons (Fsp3) is 1.00. The third kappa shape index (κ3) is 5.84. The molecule has 1 rings (SSSR count). The van der Waals surface area contributed by atoms with E-state index in [1.54, 1.807) is 0 Å². The maximum Gasteiger partial charge on any atom is 0.0900 e. The van der Waals surface area contributed by atoms with Crippen LogP contribution in [0.4, 0.5) is 0 Å². The molecular weight excluding hydrogens is 214 g/mol. The molecule has 0 amide bonds. The number of aliphatic hydroxyl groups excluding tert-OH is 1. The van der Waals surface area contributed by atoms with Crippen LogP contribution in [-0.2, 0) is 4.74 Å². The van der Waals surface area contributed by atoms with E-state index >= 15 is 0 Å². The van der Waals surface area contributed by atoms with Crippen LogP contribution in [0.2, 0.25) is 0 Å². The third-order valence-electron chi connectivity index (χ3n) is 3.73. The molecule has 0 saturated carbocycles. The van der Waals surface area contributed by atoms with Crippen molar-refractivity contribution in [1.29, 1.82) is 0 Å². The van der Waals surface area contributed by atoms with E-state index in [1.807, 2.05) is 0 Å². The quantitative estimate of drug-likeness (QED) is 0.777. The Bertz CT molecular complexity index is 218. The normalized spacial score (nSPS) is 24.9. The lowest BCUT2D eigenvalue weighted by atomic mass is 10.00. The fourth-order valence-electron chi connectivity index (χ4n) is 2.23. The van der Waals surface area contributed by atoms with Crippen LogP contribution in [0.5, 0.6) is 0 Å². The third-order valence-corrected chi connectivity index (χ3v) is 3.73. The molecule has 1 fully saturated rings. The minimum atomic E-state index is -0.355. The van der Waals surface area contributed by atoms with Crippen molar-refractivity contribution in [1.82, 2.24) is 4.90 Å². The Morgan fingerprint density at radius 2 is 2.18 bits per heavy atom. The molecule has 1 aliphatic rings. The molecule has 0 bridgehead atoms. The predicted molar refractivity (Wildman–Crippen MR) is 71.2 cm³/mol. The Balaban J connectivity index is 2.22. The highest BCUT2D eigenvalue weighted by atomic mass is 16.5. The molecule has 0 aromatic carbocycles. The SMILES string of the molecule is CCC(C)(C)OC[C@H](O)CN1CCC[C@H](C)C1. The van der Waals surface area contributed by atoms with Crippen molar-refractivity contribution in [3.05, 3.63) is 0 Å². The predicted octanol–water partition coefficient (Wildman–Crippen LogP) is 2.28. The van der Waals surface area contributed by atoms with Crippen LogP contribution >= 0.6 is 0 Å². The first kappa shape index (κ1) is 14.9. The molecule has 0 aliphatic carbocycles. The van der Waals surface area contributed by atoms with E-state index in [0.717, 1.165) is 32.0 Å². The van der Waals surface area contributed by atoms with E-state index in [4.69, 9.17) is 4.74 Å². The molecule has 1 saturated heterocycles. The van der Waals surface area contributed by atoms with Crippen LogP contribution in [-0.4, -0.2) is 48.0 Å². The van der Waals surface area contributed by atoms with Gasteiger partial charge in [-0.05, 0) is 45.6 Å². The topological polar surface area (TPSA) is 32.7 Å². The smallest absolute Gasteiger partial charge is 0.0900 e. The molecule has 0 radical (unpaired) electrons. The Morgan fingerprint density at radius 3 is 2.76 bits per heavy atom. The van der Waals surface area contributed by atoms with Gasteiger partial charge in [0, 0.05) is 13.1 Å². The zero-order valence-electron chi connectivity index (χ0n) is 11.9. The monoisotopic (exact) mass is 243 g/mol. The molecule has 0 aromatic heterocycles. The lowest BCUT2D eigenvalue weighted by Gasteiger charge is -2.33. The van der Waals surface area contributed by atoms with Crippen LogP contribution in [0.25, 0.3) is 0 Å². The molecule has 0 aromatic rings. The zero-order chi connectivity index (χ0) is 12.9. The molecule has 1 N–H and O–H groups in total. The van der Waals surface area contributed by atoms with Gasteiger partial charge in [0.1, 0.15) is 0 Å². The second-order valence-electron chi connectivity index (χ2n) is 6.09. The van der Waals surface area contributed by atoms with E-state index in [1.165, 1.54) is 12.8 Å². The number of likely N-dealkylation sites (tertiary alicyclic amines) is 1. The maximum atomic E-state index is 9.98. The highest BCUT2D eigenvalue weighted by Crippen LogP contribution is 2.17. The van der Waals surface area contributed by atoms with Crippen molar-refractivity contribution in [3.8, 4) is 0 Å². The summed E-state index contributed by atoms with van der Waals surface area (Å²) < 4.78 is 5.73. The van der Waals surface area contributed by atoms with Gasteiger partial charge < -0.3 is 14.7 Å². The van der Waals surface area contributed by atoms with Gasteiger partial charge in [-0.25, -0.2) is 0 Å². The van der Waals surface area contributed by atoms with Crippen LogP contribution in [0.15, 0.2) is 0 Å². The van der Waals surface area contributed by atoms with Crippen LogP contribution < -0.4 is 0 Å². The lowest BCUT2D eigenvalue weighted by Crippen LogP contribution is -2.41. The highest BCUT2D eigenvalue weighted by molar-refractivity contribution is 4.73. The summed E-state index contributed by atoms with van der Waals surface area (Å²) in [6, 6.07) is 0. The standard InChI is InChI=1S/C14H29NO2/c1-5-14(3,4)17-11-13(16)10-15-8-6-7-12(2)9-15/h12-13,16H,5-11H2,1-4H3/t12-,13+/m0/s1. The number of aliphatic hydroxyl groups is 1. The van der Waals surface area contributed by atoms with Crippen molar-refractivity contribution < 1.29 is 9.84 Å². The molecule has 102 valence electrons. The number of hydrogen-bond acceptors (Lipinski definition) is 3. The second kappa shape index (κ2) is 6.72. The molecular formula is C14H29NO2. The summed E-state index contributed by atoms with van der Waals surface area (Å²) in [5.41, 5.74) is -0.115. The van der Waals surface area contributed by atoms with Crippen molar-refractivity contribution in [2.45, 2.75) is 58.7 Å². The van der Waals surface area contributed by atoms with Gasteiger partial charge in [-0.1, -0.05) is 13.8 Å². The average molecular weight is 243 g/mol. The van der Waals surface area contributed by atoms with Gasteiger partial charge in [-0.2, -0.15) is 0 Å². The van der Waals surface area contributed by atoms with Gasteiger partial charge in [0.2, 0.25) is 0 Å². The van der Waals surface area contributed by atoms with Crippen LogP contribution in [0.3, 0.4) is 0 Å². The van der Waals surface area contributed by atoms with Gasteiger partial charge in [0.05, 0.1) is 18.3 Å². The number of nitrogens with zero attached hydrogens (tertiary/aromatic N) is 1. The molecule has 0 unspecified atom stereocenters. The summed E-state index contributed by atoms with van der Waals surface area (Å²) in [7, 11) is 0. The first-order chi connectivity index (χ1) is 7.93. The van der Waals surface area contributed by atoms with E-state index < -0.39 is 0 Å². The minimum absolute atomic E-state index is 0.115. The van der Waals surface area contributed by atoms with Gasteiger partial charge >= 0.3 is 0 Å². The van der Waals surface area contributed by atoms with Crippen LogP contribution in [0, 0.1) is 5.92 Å². The second-order valence-corrected chi connectivity index (χ2v) is 6.09. The van der Waals surface area contributed by atoms with Crippen molar-refractivity contribution >= 4 is 0 Å². The van der Waals surface area contributed by atoms with Gasteiger partial charge in [0.25, 0.3) is 0 Å². The minimum Gasteiger partial charge on any atom is -0.389 e. The van der Waals surface area contributed by atoms with Gasteiger partial charge in [-0.15, -0.1) is 0 Å². The average Bonchev–Trinajstić information content (AvgIpc) is 2.27. The summed E-state index contributed by atoms with van der Waals surface area (Å²) in [5, 5.41) is 9.98. The van der Waals surface area contributed by atoms with E-state index in [0.29, 0.717) is 6.61 Å². The molecule has 2 atom stereocenters. The first-order valence-corrected chi connectivity index (χ1v) is 6.97. The van der Waals surface area contributed by atoms with E-state index in [9.17, 15) is 5.11 Å². The number of rotatable bonds is 6. The Morgan fingerprint density at radius 1 is 1.47 bits per heavy atom. The largest absolute Gasteiger partial charge is 0.389 e. The highest BCUT2D eigenvalue weighted by Gasteiger charge is 2.21. The van der Waals surface area contributed by atoms with Crippen molar-refractivity contribution in [3.63, 3.8) is 0 Å². The summed E-state index contributed by atoms with van der Waals surface area (Å²) in [6.07, 6.45) is 3.20. The lowest BCUT2D eigenvalue weighted by molar-refractivity contribution is -0.0689. The Kier molecular flexibility index (Phi) is 5.90. The van der Waals surface area contributed by atoms with Crippen molar-refractivity contribution in [2.75, 3.05) is 26.2 Å². The number of ether oxygens (including phenoxy) is 1. The molecule has 3 nitrogen and oxygen atoms in total. The summed E-state index contributed by atoms with van der Waals surface area (Å²) in [4.78, 5) is 2.36. The summed E-state index contributed by atoms with van der Waals surface area (Å²) >= 11 is 0. The Hall–Kier alpha value is -0.120. The summed E-state index contributed by atoms with van der Waals surface area (Å²) in [5.74, 6) is 0.768. The molecule has 0 spiro atoms. The Labute approximate surface area is 106 Å². The molecule has 1 aliphatic heterocycles. The molecule has 1 heterocycles. The first-order valence-electron chi connectivity index (χ1n) is 6.97. The van der Waals surface area contributed by atoms with Gasteiger partial charge in [0.15, 0.2) is 0 Å². The number of β-amino-alcohol motifs (C(OH)–C–C–N with tert-alkyl or cyclic N) is 1. The summed E-state index contributed by atoms with van der Waals surface area (Å²) in [6.45, 7) is 12.0. The number of hydrogen-bond donors (Lipinski definition) is 1. The fourth-order valence-corrected chi connectivity index (χ4v) is 2.23. The number of piperidine rings is 1. The van der Waals surface area contributed by atoms with Gasteiger partial charge in [-0.3, -0.25) is 0 Å².